The molecule has 0 heterocycles. The van der Waals surface area contributed by atoms with Gasteiger partial charge in [0.25, 0.3) is 0 Å². The van der Waals surface area contributed by atoms with Crippen LogP contribution in [-0.4, -0.2) is 28.3 Å². The fraction of sp³-hybridized carbons (Fsp3) is 0.250. The van der Waals surface area contributed by atoms with E-state index in [-0.39, 0.29) is 6.42 Å². The first-order valence-electron chi connectivity index (χ1n) is 4.76. The molecule has 1 rings (SSSR count). The number of carboxylic acids is 1. The summed E-state index contributed by atoms with van der Waals surface area (Å²) < 4.78 is 0. The molecule has 0 aromatic heterocycles. The van der Waals surface area contributed by atoms with Gasteiger partial charge in [-0.15, -0.1) is 6.42 Å². The van der Waals surface area contributed by atoms with Crippen LogP contribution in [0.15, 0.2) is 24.3 Å². The highest BCUT2D eigenvalue weighted by Crippen LogP contribution is 2.07. The molecule has 4 N–H and O–H groups in total. The molecule has 1 aromatic rings. The van der Waals surface area contributed by atoms with Crippen molar-refractivity contribution in [1.82, 2.24) is 0 Å². The van der Waals surface area contributed by atoms with Crippen LogP contribution in [0.25, 0.3) is 0 Å². The fourth-order valence-electron chi connectivity index (χ4n) is 1.27. The van der Waals surface area contributed by atoms with Crippen LogP contribution in [0.1, 0.15) is 11.1 Å². The van der Waals surface area contributed by atoms with Crippen LogP contribution < -0.4 is 5.73 Å². The molecule has 0 aliphatic carbocycles. The highest BCUT2D eigenvalue weighted by Gasteiger charge is 2.21. The number of aliphatic hydroxyl groups is 1. The van der Waals surface area contributed by atoms with Gasteiger partial charge >= 0.3 is 5.97 Å². The van der Waals surface area contributed by atoms with Crippen molar-refractivity contribution in [2.45, 2.75) is 18.6 Å². The summed E-state index contributed by atoms with van der Waals surface area (Å²) in [5, 5.41) is 18.1. The molecule has 0 spiro atoms. The van der Waals surface area contributed by atoms with E-state index in [0.717, 1.165) is 11.1 Å². The van der Waals surface area contributed by atoms with E-state index in [1.807, 2.05) is 0 Å². The zero-order valence-corrected chi connectivity index (χ0v) is 8.63. The lowest BCUT2D eigenvalue weighted by Crippen LogP contribution is -2.42. The Hall–Kier alpha value is -1.83. The normalized spacial score (nSPS) is 13.8. The molecule has 84 valence electrons. The van der Waals surface area contributed by atoms with Gasteiger partial charge in [-0.1, -0.05) is 18.1 Å². The van der Waals surface area contributed by atoms with E-state index in [1.54, 1.807) is 24.3 Å². The number of aliphatic carboxylic acids is 1. The lowest BCUT2D eigenvalue weighted by atomic mass is 10.0. The fourth-order valence-corrected chi connectivity index (χ4v) is 1.27. The highest BCUT2D eigenvalue weighted by molar-refractivity contribution is 5.73. The minimum Gasteiger partial charge on any atom is -0.480 e. The highest BCUT2D eigenvalue weighted by atomic mass is 16.4. The monoisotopic (exact) mass is 219 g/mol. The second-order valence-electron chi connectivity index (χ2n) is 3.48. The average molecular weight is 219 g/mol. The molecule has 0 amide bonds. The largest absolute Gasteiger partial charge is 0.480 e. The minimum atomic E-state index is -1.27. The maximum absolute atomic E-state index is 10.5. The number of hydrogen-bond acceptors (Lipinski definition) is 3. The van der Waals surface area contributed by atoms with Gasteiger partial charge < -0.3 is 15.9 Å². The van der Waals surface area contributed by atoms with Gasteiger partial charge in [0, 0.05) is 12.0 Å². The Bertz CT molecular complexity index is 405. The van der Waals surface area contributed by atoms with Gasteiger partial charge in [-0.25, -0.2) is 0 Å². The molecule has 1 aromatic carbocycles. The molecule has 0 fully saturated rings. The Kier molecular flexibility index (Phi) is 4.06. The molecular formula is C12H13NO3. The van der Waals surface area contributed by atoms with Crippen molar-refractivity contribution in [2.24, 2.45) is 5.73 Å². The molecule has 0 unspecified atom stereocenters. The van der Waals surface area contributed by atoms with Crippen molar-refractivity contribution in [2.75, 3.05) is 0 Å². The summed E-state index contributed by atoms with van der Waals surface area (Å²) in [4.78, 5) is 10.5. The Morgan fingerprint density at radius 2 is 2.00 bits per heavy atom. The van der Waals surface area contributed by atoms with Crippen LogP contribution in [-0.2, 0) is 11.2 Å². The molecule has 4 nitrogen and oxygen atoms in total. The van der Waals surface area contributed by atoms with Gasteiger partial charge in [-0.2, -0.15) is 0 Å². The third-order valence-electron chi connectivity index (χ3n) is 2.27. The van der Waals surface area contributed by atoms with Crippen molar-refractivity contribution < 1.29 is 15.0 Å². The SMILES string of the molecule is C#Cc1ccc(C[C@@H](O)[C@H](N)C(=O)O)cc1. The van der Waals surface area contributed by atoms with Crippen molar-refractivity contribution in [3.05, 3.63) is 35.4 Å². The number of nitrogens with two attached hydrogens (primary N) is 1. The number of carbonyl (C=O) groups is 1. The topological polar surface area (TPSA) is 83.5 Å². The third-order valence-corrected chi connectivity index (χ3v) is 2.27. The molecule has 0 aliphatic heterocycles. The average Bonchev–Trinajstić information content (AvgIpc) is 2.28. The number of aliphatic hydroxyl groups excluding tert-OH is 1. The van der Waals surface area contributed by atoms with Crippen molar-refractivity contribution in [3.8, 4) is 12.3 Å². The summed E-state index contributed by atoms with van der Waals surface area (Å²) >= 11 is 0. The van der Waals surface area contributed by atoms with Crippen LogP contribution in [0.5, 0.6) is 0 Å². The molecule has 0 aliphatic rings. The molecule has 0 radical (unpaired) electrons. The predicted molar refractivity (Wildman–Crippen MR) is 59.7 cm³/mol. The summed E-state index contributed by atoms with van der Waals surface area (Å²) in [5.41, 5.74) is 6.81. The van der Waals surface area contributed by atoms with Crippen LogP contribution in [0, 0.1) is 12.3 Å². The zero-order valence-electron chi connectivity index (χ0n) is 8.63. The Balaban J connectivity index is 2.66. The van der Waals surface area contributed by atoms with Gasteiger partial charge in [-0.05, 0) is 17.7 Å². The summed E-state index contributed by atoms with van der Waals surface area (Å²) in [5.74, 6) is 1.25. The molecule has 4 heteroatoms. The number of terminal acetylenes is 1. The van der Waals surface area contributed by atoms with E-state index in [0.29, 0.717) is 0 Å². The lowest BCUT2D eigenvalue weighted by Gasteiger charge is -2.14. The zero-order chi connectivity index (χ0) is 12.1. The van der Waals surface area contributed by atoms with E-state index >= 15 is 0 Å². The Morgan fingerprint density at radius 3 is 2.44 bits per heavy atom. The van der Waals surface area contributed by atoms with Gasteiger partial charge in [-0.3, -0.25) is 4.79 Å². The van der Waals surface area contributed by atoms with Crippen molar-refractivity contribution >= 4 is 5.97 Å². The lowest BCUT2D eigenvalue weighted by molar-refractivity contribution is -0.141. The summed E-state index contributed by atoms with van der Waals surface area (Å²) in [6, 6.07) is 5.68. The standard InChI is InChI=1S/C12H13NO3/c1-2-8-3-5-9(6-4-8)7-10(14)11(13)12(15)16/h1,3-6,10-11,14H,7,13H2,(H,15,16)/t10-,11+/m1/s1. The molecular weight excluding hydrogens is 206 g/mol. The molecule has 0 bridgehead atoms. The first-order chi connectivity index (χ1) is 7.54. The van der Waals surface area contributed by atoms with E-state index in [2.05, 4.69) is 5.92 Å². The second-order valence-corrected chi connectivity index (χ2v) is 3.48. The van der Waals surface area contributed by atoms with Crippen LogP contribution in [0.2, 0.25) is 0 Å². The van der Waals surface area contributed by atoms with Gasteiger partial charge in [0.1, 0.15) is 6.04 Å². The predicted octanol–water partition coefficient (Wildman–Crippen LogP) is -0.0168. The number of carboxylic acid groups (broad SMARTS) is 1. The van der Waals surface area contributed by atoms with Crippen molar-refractivity contribution in [1.29, 1.82) is 0 Å². The van der Waals surface area contributed by atoms with Gasteiger partial charge in [0.05, 0.1) is 6.10 Å². The summed E-state index contributed by atoms with van der Waals surface area (Å²) in [6.45, 7) is 0. The number of benzene rings is 1. The van der Waals surface area contributed by atoms with Crippen LogP contribution in [0.3, 0.4) is 0 Å². The van der Waals surface area contributed by atoms with E-state index in [4.69, 9.17) is 17.3 Å². The molecule has 16 heavy (non-hydrogen) atoms. The maximum Gasteiger partial charge on any atom is 0.323 e. The van der Waals surface area contributed by atoms with E-state index in [9.17, 15) is 9.90 Å². The van der Waals surface area contributed by atoms with Crippen molar-refractivity contribution in [3.63, 3.8) is 0 Å². The van der Waals surface area contributed by atoms with E-state index < -0.39 is 18.1 Å². The van der Waals surface area contributed by atoms with Gasteiger partial charge in [0.15, 0.2) is 0 Å². The van der Waals surface area contributed by atoms with E-state index in [1.165, 1.54) is 0 Å². The van der Waals surface area contributed by atoms with Gasteiger partial charge in [0.2, 0.25) is 0 Å². The quantitative estimate of drug-likeness (QED) is 0.621. The maximum atomic E-state index is 10.5. The second kappa shape index (κ2) is 5.31. The first kappa shape index (κ1) is 12.2. The minimum absolute atomic E-state index is 0.193. The Labute approximate surface area is 93.7 Å². The Morgan fingerprint density at radius 1 is 1.44 bits per heavy atom. The van der Waals surface area contributed by atoms with Crippen LogP contribution >= 0.6 is 0 Å². The summed E-state index contributed by atoms with van der Waals surface area (Å²) in [7, 11) is 0. The molecule has 0 saturated heterocycles. The number of hydrogen-bond donors (Lipinski definition) is 3. The number of rotatable bonds is 4. The summed E-state index contributed by atoms with van der Waals surface area (Å²) in [6.07, 6.45) is 4.28. The third kappa shape index (κ3) is 3.09. The molecule has 2 atom stereocenters. The molecule has 0 saturated carbocycles. The first-order valence-corrected chi connectivity index (χ1v) is 4.76. The van der Waals surface area contributed by atoms with Crippen LogP contribution in [0.4, 0.5) is 0 Å². The smallest absolute Gasteiger partial charge is 0.323 e.